The van der Waals surface area contributed by atoms with E-state index in [0.29, 0.717) is 12.5 Å². The number of benzene rings is 3. The van der Waals surface area contributed by atoms with Crippen LogP contribution < -0.4 is 10.5 Å². The molecule has 0 bridgehead atoms. The Hall–Kier alpha value is -2.78. The second kappa shape index (κ2) is 6.85. The van der Waals surface area contributed by atoms with Crippen LogP contribution in [0.25, 0.3) is 21.8 Å². The Morgan fingerprint density at radius 2 is 1.54 bits per heavy atom. The van der Waals surface area contributed by atoms with Crippen LogP contribution >= 0.6 is 0 Å². The summed E-state index contributed by atoms with van der Waals surface area (Å²) in [6.45, 7) is 4.83. The van der Waals surface area contributed by atoms with Crippen LogP contribution in [0.4, 0.5) is 0 Å². The summed E-state index contributed by atoms with van der Waals surface area (Å²) in [6, 6.07) is 23.0. The Morgan fingerprint density at radius 1 is 0.846 bits per heavy atom. The molecule has 132 valence electrons. The average molecular weight is 344 g/mol. The maximum absolute atomic E-state index is 6.38. The van der Waals surface area contributed by atoms with Crippen LogP contribution in [-0.4, -0.2) is 11.5 Å². The fraction of sp³-hybridized carbons (Fsp3) is 0.217. The third kappa shape index (κ3) is 2.95. The lowest BCUT2D eigenvalue weighted by Crippen LogP contribution is -2.18. The predicted molar refractivity (Wildman–Crippen MR) is 109 cm³/mol. The normalized spacial score (nSPS) is 12.8. The largest absolute Gasteiger partial charge is 0.484 e. The number of para-hydroxylation sites is 1. The second-order valence-electron chi connectivity index (χ2n) is 7.01. The summed E-state index contributed by atoms with van der Waals surface area (Å²) in [5.74, 6) is 1.38. The molecule has 0 aliphatic heterocycles. The smallest absolute Gasteiger partial charge is 0.136 e. The first-order valence-corrected chi connectivity index (χ1v) is 9.13. The van der Waals surface area contributed by atoms with E-state index in [1.54, 1.807) is 0 Å². The standard InChI is InChI=1S/C23H24N2O/c1-15(2)16-10-12-17(13-11-16)22(14-24)26-21-9-5-8-20-23(21)18-6-3-4-7-19(18)25-20/h3-13,15,22,25H,14,24H2,1-2H3. The predicted octanol–water partition coefficient (Wildman–Crippen LogP) is 5.52. The highest BCUT2D eigenvalue weighted by molar-refractivity contribution is 6.10. The number of hydrogen-bond donors (Lipinski definition) is 2. The zero-order valence-corrected chi connectivity index (χ0v) is 15.2. The van der Waals surface area contributed by atoms with Gasteiger partial charge in [-0.1, -0.05) is 62.4 Å². The molecule has 0 spiro atoms. The molecule has 0 aliphatic carbocycles. The summed E-state index contributed by atoms with van der Waals surface area (Å²) in [6.07, 6.45) is -0.171. The molecule has 26 heavy (non-hydrogen) atoms. The van der Waals surface area contributed by atoms with E-state index in [1.165, 1.54) is 10.9 Å². The molecule has 0 fully saturated rings. The van der Waals surface area contributed by atoms with E-state index in [1.807, 2.05) is 18.2 Å². The molecule has 3 N–H and O–H groups in total. The van der Waals surface area contributed by atoms with Crippen molar-refractivity contribution in [1.82, 2.24) is 4.98 Å². The first kappa shape index (κ1) is 16.7. The number of aromatic nitrogens is 1. The van der Waals surface area contributed by atoms with E-state index >= 15 is 0 Å². The van der Waals surface area contributed by atoms with Gasteiger partial charge in [-0.05, 0) is 35.2 Å². The molecule has 0 saturated heterocycles. The van der Waals surface area contributed by atoms with Crippen molar-refractivity contribution in [2.75, 3.05) is 6.54 Å². The quantitative estimate of drug-likeness (QED) is 0.500. The Bertz CT molecular complexity index is 1030. The van der Waals surface area contributed by atoms with E-state index in [4.69, 9.17) is 10.5 Å². The average Bonchev–Trinajstić information content (AvgIpc) is 3.05. The molecule has 3 heteroatoms. The number of nitrogens with one attached hydrogen (secondary N) is 1. The number of hydrogen-bond acceptors (Lipinski definition) is 2. The van der Waals surface area contributed by atoms with Gasteiger partial charge in [0.25, 0.3) is 0 Å². The van der Waals surface area contributed by atoms with Crippen LogP contribution in [0, 0.1) is 0 Å². The van der Waals surface area contributed by atoms with Gasteiger partial charge in [0.2, 0.25) is 0 Å². The van der Waals surface area contributed by atoms with Crippen molar-refractivity contribution in [1.29, 1.82) is 0 Å². The Balaban J connectivity index is 1.73. The second-order valence-corrected chi connectivity index (χ2v) is 7.01. The van der Waals surface area contributed by atoms with Gasteiger partial charge in [-0.25, -0.2) is 0 Å². The Kier molecular flexibility index (Phi) is 4.39. The maximum Gasteiger partial charge on any atom is 0.136 e. The summed E-state index contributed by atoms with van der Waals surface area (Å²) >= 11 is 0. The summed E-state index contributed by atoms with van der Waals surface area (Å²) in [5.41, 5.74) is 10.7. The molecular formula is C23H24N2O. The molecule has 4 aromatic rings. The van der Waals surface area contributed by atoms with Crippen molar-refractivity contribution < 1.29 is 4.74 Å². The van der Waals surface area contributed by atoms with Crippen molar-refractivity contribution in [3.8, 4) is 5.75 Å². The van der Waals surface area contributed by atoms with E-state index in [-0.39, 0.29) is 6.10 Å². The van der Waals surface area contributed by atoms with Gasteiger partial charge in [-0.2, -0.15) is 0 Å². The lowest BCUT2D eigenvalue weighted by molar-refractivity contribution is 0.217. The minimum absolute atomic E-state index is 0.171. The zero-order chi connectivity index (χ0) is 18.1. The van der Waals surface area contributed by atoms with Crippen LogP contribution in [0.3, 0.4) is 0 Å². The lowest BCUT2D eigenvalue weighted by atomic mass is 10.00. The molecule has 1 unspecified atom stereocenters. The molecular weight excluding hydrogens is 320 g/mol. The van der Waals surface area contributed by atoms with Crippen molar-refractivity contribution in [3.05, 3.63) is 77.9 Å². The summed E-state index contributed by atoms with van der Waals surface area (Å²) in [4.78, 5) is 3.46. The van der Waals surface area contributed by atoms with Gasteiger partial charge < -0.3 is 15.5 Å². The van der Waals surface area contributed by atoms with Crippen molar-refractivity contribution in [3.63, 3.8) is 0 Å². The van der Waals surface area contributed by atoms with Crippen molar-refractivity contribution in [2.24, 2.45) is 5.73 Å². The zero-order valence-electron chi connectivity index (χ0n) is 15.2. The lowest BCUT2D eigenvalue weighted by Gasteiger charge is -2.19. The fourth-order valence-corrected chi connectivity index (χ4v) is 3.47. The van der Waals surface area contributed by atoms with Crippen molar-refractivity contribution >= 4 is 21.8 Å². The molecule has 4 rings (SSSR count). The van der Waals surface area contributed by atoms with E-state index in [9.17, 15) is 0 Å². The van der Waals surface area contributed by atoms with Crippen LogP contribution in [0.2, 0.25) is 0 Å². The molecule has 3 nitrogen and oxygen atoms in total. The number of ether oxygens (including phenoxy) is 1. The minimum atomic E-state index is -0.171. The highest BCUT2D eigenvalue weighted by Crippen LogP contribution is 2.35. The molecule has 3 aromatic carbocycles. The number of H-pyrrole nitrogens is 1. The molecule has 0 radical (unpaired) electrons. The summed E-state index contributed by atoms with van der Waals surface area (Å²) < 4.78 is 6.38. The molecule has 1 aromatic heterocycles. The molecule has 0 amide bonds. The van der Waals surface area contributed by atoms with E-state index < -0.39 is 0 Å². The number of aromatic amines is 1. The van der Waals surface area contributed by atoms with Gasteiger partial charge in [0, 0.05) is 22.8 Å². The summed E-state index contributed by atoms with van der Waals surface area (Å²) in [7, 11) is 0. The van der Waals surface area contributed by atoms with Gasteiger partial charge in [0.05, 0.1) is 5.52 Å². The van der Waals surface area contributed by atoms with Crippen LogP contribution in [0.1, 0.15) is 37.0 Å². The fourth-order valence-electron chi connectivity index (χ4n) is 3.47. The topological polar surface area (TPSA) is 51.0 Å². The first-order valence-electron chi connectivity index (χ1n) is 9.13. The minimum Gasteiger partial charge on any atom is -0.484 e. The van der Waals surface area contributed by atoms with Crippen molar-refractivity contribution in [2.45, 2.75) is 25.9 Å². The Morgan fingerprint density at radius 3 is 2.27 bits per heavy atom. The highest BCUT2D eigenvalue weighted by atomic mass is 16.5. The maximum atomic E-state index is 6.38. The molecule has 0 aliphatic rings. The number of rotatable bonds is 5. The molecule has 1 heterocycles. The third-order valence-electron chi connectivity index (χ3n) is 4.95. The molecule has 1 atom stereocenters. The van der Waals surface area contributed by atoms with E-state index in [0.717, 1.165) is 27.7 Å². The van der Waals surface area contributed by atoms with Gasteiger partial charge in [0.15, 0.2) is 0 Å². The van der Waals surface area contributed by atoms with Gasteiger partial charge >= 0.3 is 0 Å². The van der Waals surface area contributed by atoms with Crippen LogP contribution in [-0.2, 0) is 0 Å². The number of nitrogens with two attached hydrogens (primary N) is 1. The van der Waals surface area contributed by atoms with Crippen LogP contribution in [0.15, 0.2) is 66.7 Å². The van der Waals surface area contributed by atoms with Gasteiger partial charge in [0.1, 0.15) is 11.9 Å². The van der Waals surface area contributed by atoms with Gasteiger partial charge in [-0.3, -0.25) is 0 Å². The third-order valence-corrected chi connectivity index (χ3v) is 4.95. The Labute approximate surface area is 153 Å². The van der Waals surface area contributed by atoms with Gasteiger partial charge in [-0.15, -0.1) is 0 Å². The van der Waals surface area contributed by atoms with E-state index in [2.05, 4.69) is 67.4 Å². The highest BCUT2D eigenvalue weighted by Gasteiger charge is 2.16. The number of fused-ring (bicyclic) bond motifs is 3. The SMILES string of the molecule is CC(C)c1ccc(C(CN)Oc2cccc3[nH]c4ccccc4c23)cc1. The molecule has 0 saturated carbocycles. The monoisotopic (exact) mass is 344 g/mol. The van der Waals surface area contributed by atoms with Crippen LogP contribution in [0.5, 0.6) is 5.75 Å². The first-order chi connectivity index (χ1) is 12.7. The summed E-state index contributed by atoms with van der Waals surface area (Å²) in [5, 5.41) is 2.28.